The third-order valence-corrected chi connectivity index (χ3v) is 5.84. The van der Waals surface area contributed by atoms with E-state index < -0.39 is 6.10 Å². The minimum atomic E-state index is -0.446. The van der Waals surface area contributed by atoms with Gasteiger partial charge in [-0.25, -0.2) is 0 Å². The number of nitrogens with one attached hydrogen (secondary N) is 1. The Balaban J connectivity index is 1.73. The largest absolute Gasteiger partial charge is 0.496 e. The monoisotopic (exact) mass is 398 g/mol. The van der Waals surface area contributed by atoms with Crippen molar-refractivity contribution in [1.29, 1.82) is 0 Å². The highest BCUT2D eigenvalue weighted by atomic mass is 16.5. The second kappa shape index (κ2) is 11.3. The average molecular weight is 399 g/mol. The summed E-state index contributed by atoms with van der Waals surface area (Å²) < 4.78 is 5.51. The molecule has 0 amide bonds. The highest BCUT2D eigenvalue weighted by molar-refractivity contribution is 5.33. The number of hydrogen-bond donors (Lipinski definition) is 3. The van der Waals surface area contributed by atoms with Crippen molar-refractivity contribution in [2.75, 3.05) is 26.8 Å². The molecule has 1 saturated heterocycles. The first-order chi connectivity index (χ1) is 14.2. The van der Waals surface area contributed by atoms with Gasteiger partial charge in [0.2, 0.25) is 0 Å². The van der Waals surface area contributed by atoms with Crippen LogP contribution < -0.4 is 10.1 Å². The smallest absolute Gasteiger partial charge is 0.123 e. The van der Waals surface area contributed by atoms with E-state index in [0.29, 0.717) is 18.9 Å². The summed E-state index contributed by atoms with van der Waals surface area (Å²) in [6, 6.07) is 19.4. The van der Waals surface area contributed by atoms with Gasteiger partial charge in [-0.1, -0.05) is 48.5 Å². The molecule has 0 aromatic heterocycles. The molecule has 0 bridgehead atoms. The molecule has 2 aromatic carbocycles. The van der Waals surface area contributed by atoms with Gasteiger partial charge >= 0.3 is 0 Å². The van der Waals surface area contributed by atoms with Crippen molar-refractivity contribution in [3.63, 3.8) is 0 Å². The summed E-state index contributed by atoms with van der Waals surface area (Å²) in [5, 5.41) is 22.9. The van der Waals surface area contributed by atoms with Crippen molar-refractivity contribution < 1.29 is 14.9 Å². The molecule has 0 aliphatic carbocycles. The van der Waals surface area contributed by atoms with E-state index >= 15 is 0 Å². The van der Waals surface area contributed by atoms with Gasteiger partial charge in [0, 0.05) is 31.3 Å². The number of piperidine rings is 1. The van der Waals surface area contributed by atoms with Crippen LogP contribution >= 0.6 is 0 Å². The summed E-state index contributed by atoms with van der Waals surface area (Å²) in [5.41, 5.74) is 2.47. The molecule has 1 aliphatic rings. The molecule has 3 atom stereocenters. The molecule has 1 fully saturated rings. The Kier molecular flexibility index (Phi) is 8.50. The lowest BCUT2D eigenvalue weighted by atomic mass is 9.89. The van der Waals surface area contributed by atoms with Gasteiger partial charge in [-0.3, -0.25) is 4.90 Å². The molecule has 1 heterocycles. The molecule has 3 rings (SSSR count). The van der Waals surface area contributed by atoms with E-state index in [2.05, 4.69) is 46.6 Å². The molecular weight excluding hydrogens is 364 g/mol. The van der Waals surface area contributed by atoms with E-state index in [9.17, 15) is 5.11 Å². The van der Waals surface area contributed by atoms with Gasteiger partial charge in [0.05, 0.1) is 19.3 Å². The third-order valence-electron chi connectivity index (χ3n) is 5.84. The molecule has 3 N–H and O–H groups in total. The molecule has 2 aromatic rings. The van der Waals surface area contributed by atoms with Crippen LogP contribution in [-0.4, -0.2) is 54.1 Å². The SMILES string of the molecule is COc1ccccc1CN[C@@H]1CCCN(CCC(O)CCO)[C@@H]1c1ccccc1. The second-order valence-electron chi connectivity index (χ2n) is 7.79. The van der Waals surface area contributed by atoms with E-state index in [1.54, 1.807) is 7.11 Å². The van der Waals surface area contributed by atoms with Crippen LogP contribution in [0.4, 0.5) is 0 Å². The first-order valence-corrected chi connectivity index (χ1v) is 10.7. The average Bonchev–Trinajstić information content (AvgIpc) is 2.77. The predicted octanol–water partition coefficient (Wildman–Crippen LogP) is 3.12. The fraction of sp³-hybridized carbons (Fsp3) is 0.500. The van der Waals surface area contributed by atoms with Crippen LogP contribution in [0.2, 0.25) is 0 Å². The third kappa shape index (κ3) is 6.03. The van der Waals surface area contributed by atoms with Crippen LogP contribution in [-0.2, 0) is 6.54 Å². The zero-order valence-corrected chi connectivity index (χ0v) is 17.3. The lowest BCUT2D eigenvalue weighted by Crippen LogP contribution is -2.48. The van der Waals surface area contributed by atoms with Gasteiger partial charge in [0.25, 0.3) is 0 Å². The Labute approximate surface area is 174 Å². The van der Waals surface area contributed by atoms with Gasteiger partial charge < -0.3 is 20.3 Å². The standard InChI is InChI=1S/C24H34N2O3/c1-29-23-12-6-5-10-20(23)18-25-22-11-7-15-26(16-13-21(28)14-17-27)24(22)19-8-3-2-4-9-19/h2-6,8-10,12,21-22,24-25,27-28H,7,11,13-18H2,1H3/t21?,22-,24-/m1/s1. The van der Waals surface area contributed by atoms with Gasteiger partial charge in [0.1, 0.15) is 5.75 Å². The fourth-order valence-electron chi connectivity index (χ4n) is 4.32. The summed E-state index contributed by atoms with van der Waals surface area (Å²) in [4.78, 5) is 2.49. The first kappa shape index (κ1) is 21.8. The van der Waals surface area contributed by atoms with Crippen LogP contribution in [0.25, 0.3) is 0 Å². The molecular formula is C24H34N2O3. The van der Waals surface area contributed by atoms with Crippen molar-refractivity contribution in [2.24, 2.45) is 0 Å². The second-order valence-corrected chi connectivity index (χ2v) is 7.79. The number of ether oxygens (including phenoxy) is 1. The Morgan fingerprint density at radius 3 is 2.62 bits per heavy atom. The van der Waals surface area contributed by atoms with Gasteiger partial charge in [0.15, 0.2) is 0 Å². The topological polar surface area (TPSA) is 65.0 Å². The van der Waals surface area contributed by atoms with Crippen LogP contribution in [0.5, 0.6) is 5.75 Å². The minimum absolute atomic E-state index is 0.0341. The number of hydrogen-bond acceptors (Lipinski definition) is 5. The minimum Gasteiger partial charge on any atom is -0.496 e. The van der Waals surface area contributed by atoms with E-state index in [4.69, 9.17) is 9.84 Å². The number of methoxy groups -OCH3 is 1. The Bertz CT molecular complexity index is 725. The number of rotatable bonds is 10. The number of nitrogens with zero attached hydrogens (tertiary/aromatic N) is 1. The number of para-hydroxylation sites is 1. The maximum atomic E-state index is 10.1. The van der Waals surface area contributed by atoms with Crippen LogP contribution in [0.1, 0.15) is 42.9 Å². The lowest BCUT2D eigenvalue weighted by molar-refractivity contribution is 0.0717. The maximum Gasteiger partial charge on any atom is 0.123 e. The summed E-state index contributed by atoms with van der Waals surface area (Å²) in [5.74, 6) is 0.913. The van der Waals surface area contributed by atoms with Gasteiger partial charge in [-0.15, -0.1) is 0 Å². The number of aliphatic hydroxyl groups excluding tert-OH is 2. The summed E-state index contributed by atoms with van der Waals surface area (Å²) in [6.45, 7) is 2.65. The van der Waals surface area contributed by atoms with Crippen LogP contribution in [0, 0.1) is 0 Å². The highest BCUT2D eigenvalue weighted by Gasteiger charge is 2.32. The van der Waals surface area contributed by atoms with Crippen LogP contribution in [0.3, 0.4) is 0 Å². The highest BCUT2D eigenvalue weighted by Crippen LogP contribution is 2.32. The molecule has 1 aliphatic heterocycles. The number of benzene rings is 2. The van der Waals surface area contributed by atoms with Crippen LogP contribution in [0.15, 0.2) is 54.6 Å². The molecule has 1 unspecified atom stereocenters. The van der Waals surface area contributed by atoms with Crippen molar-refractivity contribution in [3.8, 4) is 5.75 Å². The summed E-state index contributed by atoms with van der Waals surface area (Å²) in [6.07, 6.45) is 2.92. The predicted molar refractivity (Wildman–Crippen MR) is 116 cm³/mol. The normalized spacial score (nSPS) is 21.1. The molecule has 0 spiro atoms. The summed E-state index contributed by atoms with van der Waals surface area (Å²) >= 11 is 0. The van der Waals surface area contributed by atoms with E-state index in [-0.39, 0.29) is 12.6 Å². The van der Waals surface area contributed by atoms with Crippen molar-refractivity contribution in [1.82, 2.24) is 10.2 Å². The van der Waals surface area contributed by atoms with Gasteiger partial charge in [-0.2, -0.15) is 0 Å². The molecule has 29 heavy (non-hydrogen) atoms. The summed E-state index contributed by atoms with van der Waals surface area (Å²) in [7, 11) is 1.71. The maximum absolute atomic E-state index is 10.1. The Morgan fingerprint density at radius 1 is 1.10 bits per heavy atom. The number of aliphatic hydroxyl groups is 2. The van der Waals surface area contributed by atoms with Gasteiger partial charge in [-0.05, 0) is 43.9 Å². The quantitative estimate of drug-likeness (QED) is 0.574. The van der Waals surface area contributed by atoms with E-state index in [1.165, 1.54) is 5.56 Å². The molecule has 5 heteroatoms. The Morgan fingerprint density at radius 2 is 1.86 bits per heavy atom. The van der Waals surface area contributed by atoms with E-state index in [1.807, 2.05) is 18.2 Å². The number of likely N-dealkylation sites (tertiary alicyclic amines) is 1. The zero-order chi connectivity index (χ0) is 20.5. The molecule has 0 saturated carbocycles. The molecule has 0 radical (unpaired) electrons. The van der Waals surface area contributed by atoms with Crippen molar-refractivity contribution in [3.05, 3.63) is 65.7 Å². The lowest BCUT2D eigenvalue weighted by Gasteiger charge is -2.42. The van der Waals surface area contributed by atoms with E-state index in [0.717, 1.165) is 43.8 Å². The molecule has 5 nitrogen and oxygen atoms in total. The fourth-order valence-corrected chi connectivity index (χ4v) is 4.32. The molecule has 158 valence electrons. The first-order valence-electron chi connectivity index (χ1n) is 10.7. The Hall–Kier alpha value is -1.92. The van der Waals surface area contributed by atoms with Crippen molar-refractivity contribution >= 4 is 0 Å². The zero-order valence-electron chi connectivity index (χ0n) is 17.3. The van der Waals surface area contributed by atoms with Crippen molar-refractivity contribution in [2.45, 2.75) is 50.4 Å².